The molecule has 3 heteroatoms. The van der Waals surface area contributed by atoms with Crippen LogP contribution in [-0.2, 0) is 12.8 Å². The first-order chi connectivity index (χ1) is 10.0. The van der Waals surface area contributed by atoms with E-state index in [9.17, 15) is 0 Å². The molecule has 1 aliphatic heterocycles. The number of fused-ring (bicyclic) bond motifs is 1. The summed E-state index contributed by atoms with van der Waals surface area (Å²) in [5.74, 6) is 0.960. The third-order valence-corrected chi connectivity index (χ3v) is 5.65. The lowest BCUT2D eigenvalue weighted by Crippen LogP contribution is -2.61. The molecule has 2 aliphatic rings. The molecule has 3 nitrogen and oxygen atoms in total. The van der Waals surface area contributed by atoms with Crippen LogP contribution in [0.2, 0.25) is 0 Å². The van der Waals surface area contributed by atoms with Gasteiger partial charge in [0.2, 0.25) is 0 Å². The van der Waals surface area contributed by atoms with Crippen molar-refractivity contribution in [3.63, 3.8) is 0 Å². The van der Waals surface area contributed by atoms with Gasteiger partial charge < -0.3 is 10.5 Å². The van der Waals surface area contributed by atoms with E-state index in [4.69, 9.17) is 10.5 Å². The molecule has 1 unspecified atom stereocenters. The summed E-state index contributed by atoms with van der Waals surface area (Å²) in [7, 11) is 1.74. The Morgan fingerprint density at radius 2 is 2.05 bits per heavy atom. The van der Waals surface area contributed by atoms with Crippen LogP contribution in [0, 0.1) is 0 Å². The maximum absolute atomic E-state index is 6.29. The maximum atomic E-state index is 6.29. The van der Waals surface area contributed by atoms with Gasteiger partial charge in [-0.2, -0.15) is 0 Å². The smallest absolute Gasteiger partial charge is 0.119 e. The summed E-state index contributed by atoms with van der Waals surface area (Å²) in [5.41, 5.74) is 9.59. The Bertz CT molecular complexity index is 526. The topological polar surface area (TPSA) is 38.5 Å². The van der Waals surface area contributed by atoms with Crippen molar-refractivity contribution in [2.24, 2.45) is 5.73 Å². The summed E-state index contributed by atoms with van der Waals surface area (Å²) < 4.78 is 5.40. The Hall–Kier alpha value is -1.06. The average molecular weight is 288 g/mol. The summed E-state index contributed by atoms with van der Waals surface area (Å²) in [4.78, 5) is 2.70. The van der Waals surface area contributed by atoms with E-state index in [0.717, 1.165) is 25.1 Å². The third kappa shape index (κ3) is 2.47. The van der Waals surface area contributed by atoms with Crippen LogP contribution in [0.15, 0.2) is 18.2 Å². The predicted octanol–water partition coefficient (Wildman–Crippen LogP) is 2.76. The first kappa shape index (κ1) is 14.9. The van der Waals surface area contributed by atoms with E-state index in [2.05, 4.69) is 36.9 Å². The number of nitrogens with two attached hydrogens (primary N) is 1. The lowest BCUT2D eigenvalue weighted by Gasteiger charge is -2.50. The van der Waals surface area contributed by atoms with Crippen molar-refractivity contribution >= 4 is 0 Å². The molecule has 21 heavy (non-hydrogen) atoms. The number of methoxy groups -OCH3 is 1. The van der Waals surface area contributed by atoms with Crippen LogP contribution in [-0.4, -0.2) is 36.2 Å². The highest BCUT2D eigenvalue weighted by molar-refractivity contribution is 5.39. The molecule has 0 amide bonds. The molecule has 1 heterocycles. The number of ether oxygens (including phenoxy) is 1. The number of likely N-dealkylation sites (tertiary alicyclic amines) is 1. The summed E-state index contributed by atoms with van der Waals surface area (Å²) in [6, 6.07) is 6.51. The van der Waals surface area contributed by atoms with Crippen molar-refractivity contribution in [3.05, 3.63) is 29.3 Å². The van der Waals surface area contributed by atoms with E-state index in [1.807, 2.05) is 0 Å². The first-order valence-electron chi connectivity index (χ1n) is 8.14. The second-order valence-electron chi connectivity index (χ2n) is 7.31. The number of nitrogens with zero attached hydrogens (tertiary/aromatic N) is 1. The zero-order valence-electron chi connectivity index (χ0n) is 13.6. The fourth-order valence-corrected chi connectivity index (χ4v) is 4.45. The molecule has 1 aromatic carbocycles. The molecule has 1 aliphatic carbocycles. The van der Waals surface area contributed by atoms with Gasteiger partial charge in [-0.05, 0) is 75.8 Å². The standard InChI is InChI=1S/C18H28N2O/c1-17(2)8-4-10-20(17)18(13-19)9-7-14-5-6-16(21-3)11-15(14)12-18/h5-6,11H,4,7-10,12-13,19H2,1-3H3. The zero-order chi connectivity index (χ0) is 15.1. The van der Waals surface area contributed by atoms with E-state index in [0.29, 0.717) is 0 Å². The van der Waals surface area contributed by atoms with Gasteiger partial charge >= 0.3 is 0 Å². The molecule has 0 bridgehead atoms. The van der Waals surface area contributed by atoms with Gasteiger partial charge in [0.1, 0.15) is 5.75 Å². The van der Waals surface area contributed by atoms with Crippen molar-refractivity contribution in [1.29, 1.82) is 0 Å². The molecule has 1 aromatic rings. The van der Waals surface area contributed by atoms with Gasteiger partial charge in [-0.1, -0.05) is 6.07 Å². The third-order valence-electron chi connectivity index (χ3n) is 5.65. The number of rotatable bonds is 3. The first-order valence-corrected chi connectivity index (χ1v) is 8.14. The second-order valence-corrected chi connectivity index (χ2v) is 7.31. The molecular weight excluding hydrogens is 260 g/mol. The highest BCUT2D eigenvalue weighted by Gasteiger charge is 2.47. The van der Waals surface area contributed by atoms with Gasteiger partial charge in [0, 0.05) is 17.6 Å². The van der Waals surface area contributed by atoms with Gasteiger partial charge in [0.15, 0.2) is 0 Å². The minimum atomic E-state index is 0.124. The summed E-state index contributed by atoms with van der Waals surface area (Å²) in [6.07, 6.45) is 5.92. The van der Waals surface area contributed by atoms with Gasteiger partial charge in [-0.15, -0.1) is 0 Å². The Balaban J connectivity index is 1.94. The molecule has 0 aromatic heterocycles. The van der Waals surface area contributed by atoms with Crippen LogP contribution in [0.3, 0.4) is 0 Å². The zero-order valence-corrected chi connectivity index (χ0v) is 13.6. The molecule has 0 spiro atoms. The highest BCUT2D eigenvalue weighted by atomic mass is 16.5. The van der Waals surface area contributed by atoms with Gasteiger partial charge in [-0.3, -0.25) is 4.90 Å². The fourth-order valence-electron chi connectivity index (χ4n) is 4.45. The van der Waals surface area contributed by atoms with Crippen LogP contribution in [0.1, 0.15) is 44.2 Å². The van der Waals surface area contributed by atoms with Crippen molar-refractivity contribution < 1.29 is 4.74 Å². The Labute approximate surface area is 128 Å². The number of benzene rings is 1. The SMILES string of the molecule is COc1ccc2c(c1)CC(CN)(N1CCCC1(C)C)CC2. The van der Waals surface area contributed by atoms with Gasteiger partial charge in [0.25, 0.3) is 0 Å². The van der Waals surface area contributed by atoms with Crippen LogP contribution < -0.4 is 10.5 Å². The molecule has 0 saturated carbocycles. The highest BCUT2D eigenvalue weighted by Crippen LogP contribution is 2.42. The second kappa shape index (κ2) is 5.29. The van der Waals surface area contributed by atoms with Crippen molar-refractivity contribution in [3.8, 4) is 5.75 Å². The van der Waals surface area contributed by atoms with Gasteiger partial charge in [-0.25, -0.2) is 0 Å². The monoisotopic (exact) mass is 288 g/mol. The quantitative estimate of drug-likeness (QED) is 0.929. The lowest BCUT2D eigenvalue weighted by atomic mass is 9.75. The number of aryl methyl sites for hydroxylation is 1. The number of hydrogen-bond acceptors (Lipinski definition) is 3. The Kier molecular flexibility index (Phi) is 3.74. The van der Waals surface area contributed by atoms with Crippen molar-refractivity contribution in [1.82, 2.24) is 4.90 Å². The average Bonchev–Trinajstić information content (AvgIpc) is 2.86. The lowest BCUT2D eigenvalue weighted by molar-refractivity contribution is 0.0243. The molecule has 1 atom stereocenters. The van der Waals surface area contributed by atoms with E-state index >= 15 is 0 Å². The Morgan fingerprint density at radius 3 is 2.67 bits per heavy atom. The normalized spacial score (nSPS) is 28.4. The molecule has 1 saturated heterocycles. The predicted molar refractivity (Wildman–Crippen MR) is 86.8 cm³/mol. The molecule has 3 rings (SSSR count). The van der Waals surface area contributed by atoms with Crippen LogP contribution >= 0.6 is 0 Å². The van der Waals surface area contributed by atoms with Crippen LogP contribution in [0.25, 0.3) is 0 Å². The number of hydrogen-bond donors (Lipinski definition) is 1. The van der Waals surface area contributed by atoms with E-state index in [1.54, 1.807) is 7.11 Å². The molecule has 1 fully saturated rings. The molecular formula is C18H28N2O. The van der Waals surface area contributed by atoms with Crippen LogP contribution in [0.4, 0.5) is 0 Å². The van der Waals surface area contributed by atoms with Crippen molar-refractivity contribution in [2.75, 3.05) is 20.2 Å². The maximum Gasteiger partial charge on any atom is 0.119 e. The molecule has 2 N–H and O–H groups in total. The summed E-state index contributed by atoms with van der Waals surface area (Å²) >= 11 is 0. The molecule has 0 radical (unpaired) electrons. The summed E-state index contributed by atoms with van der Waals surface area (Å²) in [6.45, 7) is 6.67. The van der Waals surface area contributed by atoms with E-state index < -0.39 is 0 Å². The fraction of sp³-hybridized carbons (Fsp3) is 0.667. The minimum absolute atomic E-state index is 0.124. The largest absolute Gasteiger partial charge is 0.497 e. The summed E-state index contributed by atoms with van der Waals surface area (Å²) in [5, 5.41) is 0. The Morgan fingerprint density at radius 1 is 1.24 bits per heavy atom. The van der Waals surface area contributed by atoms with E-state index in [1.165, 1.54) is 36.9 Å². The van der Waals surface area contributed by atoms with Crippen molar-refractivity contribution in [2.45, 2.75) is 57.0 Å². The van der Waals surface area contributed by atoms with Gasteiger partial charge in [0.05, 0.1) is 7.11 Å². The minimum Gasteiger partial charge on any atom is -0.497 e. The van der Waals surface area contributed by atoms with E-state index in [-0.39, 0.29) is 11.1 Å². The van der Waals surface area contributed by atoms with Crippen LogP contribution in [0.5, 0.6) is 5.75 Å². The molecule has 116 valence electrons.